The number of rotatable bonds is 5. The molecule has 7 nitrogen and oxygen atoms in total. The summed E-state index contributed by atoms with van der Waals surface area (Å²) in [6.45, 7) is 5.16. The first-order chi connectivity index (χ1) is 17.1. The van der Waals surface area contributed by atoms with Crippen LogP contribution < -0.4 is 10.6 Å². The zero-order chi connectivity index (χ0) is 26.0. The van der Waals surface area contributed by atoms with E-state index in [2.05, 4.69) is 10.6 Å². The number of carbonyl (C=O) groups is 3. The Balaban J connectivity index is 1.78. The smallest absolute Gasteiger partial charge is 0.235 e. The van der Waals surface area contributed by atoms with E-state index in [4.69, 9.17) is 0 Å². The van der Waals surface area contributed by atoms with Crippen molar-refractivity contribution in [2.45, 2.75) is 38.7 Å². The lowest BCUT2D eigenvalue weighted by Crippen LogP contribution is -2.56. The average molecular weight is 487 g/mol. The highest BCUT2D eigenvalue weighted by molar-refractivity contribution is 6.10. The largest absolute Gasteiger partial charge is 0.508 e. The topological polar surface area (TPSA) is 116 Å². The second kappa shape index (κ2) is 9.95. The second-order valence-electron chi connectivity index (χ2n) is 9.68. The molecule has 0 unspecified atom stereocenters. The molecular formula is C29H30N2O5. The maximum absolute atomic E-state index is 13.7. The predicted molar refractivity (Wildman–Crippen MR) is 138 cm³/mol. The minimum atomic E-state index is -1.70. The number of phenols is 1. The standard InChI is InChI=1S/C29H30N2O5/c1-17-8-4-6-10-21(17)30-27(34)25-23(33)16-29(3,36)26(24(25)19-12-14-20(32)15-13-19)28(35)31-22-11-7-5-9-18(22)2/h4-15,24-26,32,36H,16H2,1-3H3,(H,30,34)(H,31,35)/t24-,25-,26+,29-/m0/s1. The molecule has 0 heterocycles. The lowest BCUT2D eigenvalue weighted by molar-refractivity contribution is -0.150. The van der Waals surface area contributed by atoms with Crippen LogP contribution in [0.1, 0.15) is 36.0 Å². The van der Waals surface area contributed by atoms with Crippen LogP contribution in [0, 0.1) is 25.7 Å². The van der Waals surface area contributed by atoms with Crippen molar-refractivity contribution in [2.24, 2.45) is 11.8 Å². The molecule has 0 bridgehead atoms. The number of phenolic OH excluding ortho intramolecular Hbond substituents is 1. The molecule has 4 atom stereocenters. The third kappa shape index (κ3) is 5.02. The Morgan fingerprint density at radius 1 is 0.833 bits per heavy atom. The van der Waals surface area contributed by atoms with E-state index in [1.54, 1.807) is 36.4 Å². The van der Waals surface area contributed by atoms with Crippen LogP contribution in [-0.4, -0.2) is 33.4 Å². The van der Waals surface area contributed by atoms with Crippen LogP contribution in [0.15, 0.2) is 72.8 Å². The predicted octanol–water partition coefficient (Wildman–Crippen LogP) is 4.33. The first kappa shape index (κ1) is 25.1. The molecule has 0 aromatic heterocycles. The number of benzene rings is 3. The molecule has 0 radical (unpaired) electrons. The van der Waals surface area contributed by atoms with Crippen molar-refractivity contribution in [3.63, 3.8) is 0 Å². The number of aryl methyl sites for hydroxylation is 2. The minimum absolute atomic E-state index is 0.00877. The summed E-state index contributed by atoms with van der Waals surface area (Å²) in [5.74, 6) is -4.78. The van der Waals surface area contributed by atoms with Gasteiger partial charge in [-0.05, 0) is 61.7 Å². The SMILES string of the molecule is Cc1ccccc1NC(=O)[C@H]1C(=O)C[C@](C)(O)[C@@H](C(=O)Nc2ccccc2C)[C@H]1c1ccc(O)cc1. The summed E-state index contributed by atoms with van der Waals surface area (Å²) < 4.78 is 0. The number of hydrogen-bond acceptors (Lipinski definition) is 5. The maximum Gasteiger partial charge on any atom is 0.235 e. The lowest BCUT2D eigenvalue weighted by atomic mass is 9.61. The number of aromatic hydroxyl groups is 1. The van der Waals surface area contributed by atoms with Crippen LogP contribution in [-0.2, 0) is 14.4 Å². The number of ketones is 1. The van der Waals surface area contributed by atoms with Gasteiger partial charge in [0, 0.05) is 23.7 Å². The van der Waals surface area contributed by atoms with E-state index in [-0.39, 0.29) is 12.2 Å². The maximum atomic E-state index is 13.7. The third-order valence-corrected chi connectivity index (χ3v) is 6.92. The minimum Gasteiger partial charge on any atom is -0.508 e. The van der Waals surface area contributed by atoms with Crippen LogP contribution in [0.3, 0.4) is 0 Å². The van der Waals surface area contributed by atoms with Gasteiger partial charge in [-0.2, -0.15) is 0 Å². The highest BCUT2D eigenvalue weighted by atomic mass is 16.3. The van der Waals surface area contributed by atoms with Crippen molar-refractivity contribution < 1.29 is 24.6 Å². The Morgan fingerprint density at radius 2 is 1.33 bits per heavy atom. The number of hydrogen-bond donors (Lipinski definition) is 4. The summed E-state index contributed by atoms with van der Waals surface area (Å²) in [6.07, 6.45) is -0.348. The van der Waals surface area contributed by atoms with Crippen LogP contribution in [0.2, 0.25) is 0 Å². The van der Waals surface area contributed by atoms with E-state index in [0.29, 0.717) is 16.9 Å². The van der Waals surface area contributed by atoms with Crippen molar-refractivity contribution in [3.05, 3.63) is 89.5 Å². The molecule has 0 saturated heterocycles. The summed E-state index contributed by atoms with van der Waals surface area (Å²) in [5.41, 5.74) is 1.62. The fourth-order valence-corrected chi connectivity index (χ4v) is 5.04. The molecule has 7 heteroatoms. The van der Waals surface area contributed by atoms with E-state index in [1.807, 2.05) is 38.1 Å². The zero-order valence-electron chi connectivity index (χ0n) is 20.5. The van der Waals surface area contributed by atoms with Gasteiger partial charge in [-0.25, -0.2) is 0 Å². The Labute approximate surface area is 210 Å². The Hall–Kier alpha value is -3.97. The molecule has 1 aliphatic carbocycles. The van der Waals surface area contributed by atoms with E-state index in [1.165, 1.54) is 19.1 Å². The van der Waals surface area contributed by atoms with Crippen LogP contribution in [0.4, 0.5) is 11.4 Å². The van der Waals surface area contributed by atoms with Gasteiger partial charge in [-0.15, -0.1) is 0 Å². The summed E-state index contributed by atoms with van der Waals surface area (Å²) in [7, 11) is 0. The number of para-hydroxylation sites is 2. The summed E-state index contributed by atoms with van der Waals surface area (Å²) in [5, 5.41) is 26.9. The van der Waals surface area contributed by atoms with Crippen molar-refractivity contribution in [3.8, 4) is 5.75 Å². The first-order valence-electron chi connectivity index (χ1n) is 11.9. The van der Waals surface area contributed by atoms with Gasteiger partial charge >= 0.3 is 0 Å². The van der Waals surface area contributed by atoms with Gasteiger partial charge in [0.05, 0.1) is 11.5 Å². The number of nitrogens with one attached hydrogen (secondary N) is 2. The van der Waals surface area contributed by atoms with Gasteiger partial charge in [0.15, 0.2) is 0 Å². The normalized spacial score (nSPS) is 23.7. The van der Waals surface area contributed by atoms with Gasteiger partial charge in [-0.3, -0.25) is 14.4 Å². The number of aliphatic hydroxyl groups is 1. The Bertz CT molecular complexity index is 1300. The lowest BCUT2D eigenvalue weighted by Gasteiger charge is -2.44. The highest BCUT2D eigenvalue weighted by Gasteiger charge is 2.56. The van der Waals surface area contributed by atoms with Crippen LogP contribution >= 0.6 is 0 Å². The molecule has 4 rings (SSSR count). The molecule has 1 fully saturated rings. The van der Waals surface area contributed by atoms with Crippen molar-refractivity contribution in [1.29, 1.82) is 0 Å². The molecule has 2 amide bonds. The summed E-state index contributed by atoms with van der Waals surface area (Å²) >= 11 is 0. The average Bonchev–Trinajstić information content (AvgIpc) is 2.81. The second-order valence-corrected chi connectivity index (χ2v) is 9.68. The van der Waals surface area contributed by atoms with E-state index < -0.39 is 41.0 Å². The summed E-state index contributed by atoms with van der Waals surface area (Å²) in [4.78, 5) is 40.6. The molecule has 0 spiro atoms. The van der Waals surface area contributed by atoms with Gasteiger partial charge in [0.25, 0.3) is 0 Å². The van der Waals surface area contributed by atoms with Crippen molar-refractivity contribution >= 4 is 29.0 Å². The fourth-order valence-electron chi connectivity index (χ4n) is 5.04. The van der Waals surface area contributed by atoms with Gasteiger partial charge < -0.3 is 20.8 Å². The molecule has 186 valence electrons. The Morgan fingerprint density at radius 3 is 1.86 bits per heavy atom. The van der Waals surface area contributed by atoms with Gasteiger partial charge in [0.1, 0.15) is 17.5 Å². The summed E-state index contributed by atoms with van der Waals surface area (Å²) in [6, 6.07) is 20.5. The first-order valence-corrected chi connectivity index (χ1v) is 11.9. The molecule has 0 aliphatic heterocycles. The monoisotopic (exact) mass is 486 g/mol. The number of amides is 2. The number of anilines is 2. The number of carbonyl (C=O) groups excluding carboxylic acids is 3. The van der Waals surface area contributed by atoms with E-state index in [9.17, 15) is 24.6 Å². The van der Waals surface area contributed by atoms with E-state index in [0.717, 1.165) is 11.1 Å². The zero-order valence-corrected chi connectivity index (χ0v) is 20.5. The van der Waals surface area contributed by atoms with Crippen molar-refractivity contribution in [2.75, 3.05) is 10.6 Å². The van der Waals surface area contributed by atoms with Crippen LogP contribution in [0.25, 0.3) is 0 Å². The van der Waals surface area contributed by atoms with Crippen molar-refractivity contribution in [1.82, 2.24) is 0 Å². The number of Topliss-reactive ketones (excluding diaryl/α,β-unsaturated/α-hetero) is 1. The molecular weight excluding hydrogens is 456 g/mol. The quantitative estimate of drug-likeness (QED) is 0.401. The molecule has 3 aromatic rings. The molecule has 1 saturated carbocycles. The van der Waals surface area contributed by atoms with E-state index >= 15 is 0 Å². The van der Waals surface area contributed by atoms with Crippen LogP contribution in [0.5, 0.6) is 5.75 Å². The molecule has 1 aliphatic rings. The Kier molecular flexibility index (Phi) is 6.95. The molecule has 4 N–H and O–H groups in total. The molecule has 3 aromatic carbocycles. The fraction of sp³-hybridized carbons (Fsp3) is 0.276. The van der Waals surface area contributed by atoms with Gasteiger partial charge in [-0.1, -0.05) is 48.5 Å². The molecule has 36 heavy (non-hydrogen) atoms. The third-order valence-electron chi connectivity index (χ3n) is 6.92. The van der Waals surface area contributed by atoms with Gasteiger partial charge in [0.2, 0.25) is 11.8 Å². The highest BCUT2D eigenvalue weighted by Crippen LogP contribution is 2.47.